The minimum absolute atomic E-state index is 0.712. The lowest BCUT2D eigenvalue weighted by molar-refractivity contribution is 0.542. The second-order valence-electron chi connectivity index (χ2n) is 3.96. The van der Waals surface area contributed by atoms with Crippen LogP contribution >= 0.6 is 23.1 Å². The molecule has 3 aromatic rings. The molecule has 96 valence electrons. The van der Waals surface area contributed by atoms with Gasteiger partial charge in [0.2, 0.25) is 5.89 Å². The Kier molecular flexibility index (Phi) is 3.66. The lowest BCUT2D eigenvalue weighted by Gasteiger charge is -1.97. The summed E-state index contributed by atoms with van der Waals surface area (Å²) >= 11 is 3.31. The molecule has 3 nitrogen and oxygen atoms in total. The summed E-state index contributed by atoms with van der Waals surface area (Å²) in [7, 11) is 0. The van der Waals surface area contributed by atoms with Gasteiger partial charge < -0.3 is 4.42 Å². The van der Waals surface area contributed by atoms with Gasteiger partial charge in [-0.25, -0.2) is 9.97 Å². The van der Waals surface area contributed by atoms with E-state index < -0.39 is 0 Å². The fourth-order valence-electron chi connectivity index (χ4n) is 1.64. The zero-order chi connectivity index (χ0) is 13.1. The van der Waals surface area contributed by atoms with E-state index in [0.717, 1.165) is 27.1 Å². The van der Waals surface area contributed by atoms with Crippen molar-refractivity contribution in [3.8, 4) is 10.8 Å². The Hall–Kier alpha value is -1.59. The second kappa shape index (κ2) is 5.59. The van der Waals surface area contributed by atoms with Gasteiger partial charge >= 0.3 is 0 Å². The van der Waals surface area contributed by atoms with Crippen LogP contribution in [0.15, 0.2) is 51.4 Å². The van der Waals surface area contributed by atoms with Gasteiger partial charge in [0.05, 0.1) is 15.6 Å². The summed E-state index contributed by atoms with van der Waals surface area (Å²) in [4.78, 5) is 9.92. The first-order valence-corrected chi connectivity index (χ1v) is 7.73. The summed E-state index contributed by atoms with van der Waals surface area (Å²) in [5, 5.41) is 3.03. The van der Waals surface area contributed by atoms with Gasteiger partial charge in [0.1, 0.15) is 5.76 Å². The number of pyridine rings is 1. The monoisotopic (exact) mass is 288 g/mol. The number of hydrogen-bond acceptors (Lipinski definition) is 5. The average Bonchev–Trinajstić information content (AvgIpc) is 3.07. The third kappa shape index (κ3) is 2.88. The Morgan fingerprint density at radius 2 is 2.21 bits per heavy atom. The fourth-order valence-corrected chi connectivity index (χ4v) is 3.15. The van der Waals surface area contributed by atoms with E-state index in [1.807, 2.05) is 42.6 Å². The highest BCUT2D eigenvalue weighted by Gasteiger charge is 2.12. The molecule has 5 heteroatoms. The Labute approximate surface area is 119 Å². The van der Waals surface area contributed by atoms with Gasteiger partial charge in [-0.1, -0.05) is 23.9 Å². The van der Waals surface area contributed by atoms with Gasteiger partial charge in [-0.05, 0) is 30.5 Å². The topological polar surface area (TPSA) is 38.9 Å². The number of aryl methyl sites for hydroxylation is 1. The molecule has 0 aromatic carbocycles. The number of thiophene rings is 1. The standard InChI is InChI=1S/C14H12N2OS2/c1-10-11(9-19-13-6-2-3-7-15-13)16-14(17-10)12-5-4-8-18-12/h2-8H,9H2,1H3. The van der Waals surface area contributed by atoms with Crippen LogP contribution in [0.3, 0.4) is 0 Å². The third-order valence-electron chi connectivity index (χ3n) is 2.62. The Morgan fingerprint density at radius 1 is 1.26 bits per heavy atom. The first-order valence-electron chi connectivity index (χ1n) is 5.87. The molecule has 0 aliphatic carbocycles. The van der Waals surface area contributed by atoms with Crippen molar-refractivity contribution in [2.24, 2.45) is 0 Å². The molecular formula is C14H12N2OS2. The molecule has 0 amide bonds. The molecule has 0 radical (unpaired) electrons. The molecule has 3 aromatic heterocycles. The van der Waals surface area contributed by atoms with Crippen LogP contribution in [0.5, 0.6) is 0 Å². The number of rotatable bonds is 4. The van der Waals surface area contributed by atoms with Crippen molar-refractivity contribution in [3.63, 3.8) is 0 Å². The number of oxazole rings is 1. The molecule has 0 aliphatic rings. The van der Waals surface area contributed by atoms with Gasteiger partial charge in [-0.2, -0.15) is 0 Å². The molecular weight excluding hydrogens is 276 g/mol. The number of nitrogens with zero attached hydrogens (tertiary/aromatic N) is 2. The van der Waals surface area contributed by atoms with Gasteiger partial charge in [-0.3, -0.25) is 0 Å². The quantitative estimate of drug-likeness (QED) is 0.667. The molecule has 3 heterocycles. The van der Waals surface area contributed by atoms with Gasteiger partial charge in [0.15, 0.2) is 0 Å². The number of aromatic nitrogens is 2. The van der Waals surface area contributed by atoms with Crippen LogP contribution in [0.1, 0.15) is 11.5 Å². The highest BCUT2D eigenvalue weighted by Crippen LogP contribution is 2.28. The Morgan fingerprint density at radius 3 is 2.95 bits per heavy atom. The van der Waals surface area contributed by atoms with Crippen LogP contribution in [-0.4, -0.2) is 9.97 Å². The highest BCUT2D eigenvalue weighted by atomic mass is 32.2. The van der Waals surface area contributed by atoms with Gasteiger partial charge in [-0.15, -0.1) is 11.3 Å². The lowest BCUT2D eigenvalue weighted by Crippen LogP contribution is -1.85. The van der Waals surface area contributed by atoms with E-state index in [1.54, 1.807) is 29.3 Å². The van der Waals surface area contributed by atoms with Crippen molar-refractivity contribution in [1.82, 2.24) is 9.97 Å². The van der Waals surface area contributed by atoms with Crippen LogP contribution in [0, 0.1) is 6.92 Å². The van der Waals surface area contributed by atoms with Crippen molar-refractivity contribution in [2.75, 3.05) is 0 Å². The van der Waals surface area contributed by atoms with Crippen molar-refractivity contribution in [2.45, 2.75) is 17.7 Å². The molecule has 0 unspecified atom stereocenters. The summed E-state index contributed by atoms with van der Waals surface area (Å²) < 4.78 is 5.71. The third-order valence-corrected chi connectivity index (χ3v) is 4.43. The van der Waals surface area contributed by atoms with Crippen LogP contribution in [0.25, 0.3) is 10.8 Å². The van der Waals surface area contributed by atoms with Gasteiger partial charge in [0.25, 0.3) is 0 Å². The molecule has 0 bridgehead atoms. The number of hydrogen-bond donors (Lipinski definition) is 0. The lowest BCUT2D eigenvalue weighted by atomic mass is 10.4. The average molecular weight is 288 g/mol. The van der Waals surface area contributed by atoms with Gasteiger partial charge in [0, 0.05) is 11.9 Å². The molecule has 0 fully saturated rings. The molecule has 0 spiro atoms. The predicted molar refractivity (Wildman–Crippen MR) is 78.4 cm³/mol. The SMILES string of the molecule is Cc1oc(-c2cccs2)nc1CSc1ccccn1. The van der Waals surface area contributed by atoms with Crippen LogP contribution < -0.4 is 0 Å². The molecule has 0 aliphatic heterocycles. The second-order valence-corrected chi connectivity index (χ2v) is 5.90. The van der Waals surface area contributed by atoms with Crippen LogP contribution in [0.2, 0.25) is 0 Å². The Balaban J connectivity index is 1.75. The van der Waals surface area contributed by atoms with E-state index in [2.05, 4.69) is 9.97 Å². The van der Waals surface area contributed by atoms with E-state index >= 15 is 0 Å². The highest BCUT2D eigenvalue weighted by molar-refractivity contribution is 7.98. The molecule has 19 heavy (non-hydrogen) atoms. The molecule has 0 saturated heterocycles. The first-order chi connectivity index (χ1) is 9.33. The van der Waals surface area contributed by atoms with E-state index in [0.29, 0.717) is 5.89 Å². The zero-order valence-electron chi connectivity index (χ0n) is 10.4. The predicted octanol–water partition coefficient (Wildman–Crippen LogP) is 4.40. The minimum atomic E-state index is 0.712. The van der Waals surface area contributed by atoms with Crippen LogP contribution in [-0.2, 0) is 5.75 Å². The zero-order valence-corrected chi connectivity index (χ0v) is 12.0. The normalized spacial score (nSPS) is 10.8. The first kappa shape index (κ1) is 12.4. The number of thioether (sulfide) groups is 1. The summed E-state index contributed by atoms with van der Waals surface area (Å²) in [6, 6.07) is 9.93. The summed E-state index contributed by atoms with van der Waals surface area (Å²) in [5.41, 5.74) is 0.985. The van der Waals surface area contributed by atoms with Crippen molar-refractivity contribution in [1.29, 1.82) is 0 Å². The van der Waals surface area contributed by atoms with E-state index in [1.165, 1.54) is 0 Å². The summed E-state index contributed by atoms with van der Waals surface area (Å²) in [6.07, 6.45) is 1.80. The largest absolute Gasteiger partial charge is 0.440 e. The maximum atomic E-state index is 5.71. The smallest absolute Gasteiger partial charge is 0.236 e. The van der Waals surface area contributed by atoms with Crippen LogP contribution in [0.4, 0.5) is 0 Å². The maximum Gasteiger partial charge on any atom is 0.236 e. The molecule has 0 N–H and O–H groups in total. The van der Waals surface area contributed by atoms with E-state index in [-0.39, 0.29) is 0 Å². The molecule has 3 rings (SSSR count). The fraction of sp³-hybridized carbons (Fsp3) is 0.143. The summed E-state index contributed by atoms with van der Waals surface area (Å²) in [6.45, 7) is 1.96. The Bertz CT molecular complexity index is 647. The maximum absolute atomic E-state index is 5.71. The summed E-state index contributed by atoms with van der Waals surface area (Å²) in [5.74, 6) is 2.37. The van der Waals surface area contributed by atoms with Crippen molar-refractivity contribution >= 4 is 23.1 Å². The molecule has 0 atom stereocenters. The van der Waals surface area contributed by atoms with Crippen molar-refractivity contribution < 1.29 is 4.42 Å². The van der Waals surface area contributed by atoms with E-state index in [9.17, 15) is 0 Å². The van der Waals surface area contributed by atoms with E-state index in [4.69, 9.17) is 4.42 Å². The molecule has 0 saturated carbocycles. The van der Waals surface area contributed by atoms with Crippen molar-refractivity contribution in [3.05, 3.63) is 53.4 Å². The minimum Gasteiger partial charge on any atom is -0.440 e.